The van der Waals surface area contributed by atoms with E-state index >= 15 is 0 Å². The Morgan fingerprint density at radius 2 is 1.76 bits per heavy atom. The number of hydrogen-bond acceptors (Lipinski definition) is 4. The van der Waals surface area contributed by atoms with E-state index in [2.05, 4.69) is 21.0 Å². The summed E-state index contributed by atoms with van der Waals surface area (Å²) in [7, 11) is -3.43. The van der Waals surface area contributed by atoms with Gasteiger partial charge in [-0.15, -0.1) is 0 Å². The van der Waals surface area contributed by atoms with Crippen molar-refractivity contribution in [3.05, 3.63) is 54.1 Å². The summed E-state index contributed by atoms with van der Waals surface area (Å²) in [5.41, 5.74) is 2.90. The van der Waals surface area contributed by atoms with Crippen molar-refractivity contribution in [3.8, 4) is 0 Å². The number of nitrogens with zero attached hydrogens (tertiary/aromatic N) is 1. The van der Waals surface area contributed by atoms with E-state index in [-0.39, 0.29) is 16.8 Å². The fraction of sp³-hybridized carbons (Fsp3) is 0.409. The third kappa shape index (κ3) is 5.36. The Hall–Kier alpha value is -2.38. The number of carbonyl (C=O) groups is 1. The molecular formula is C22H27N3O3S. The lowest BCUT2D eigenvalue weighted by atomic mass is 10.1. The van der Waals surface area contributed by atoms with Crippen LogP contribution < -0.4 is 14.9 Å². The van der Waals surface area contributed by atoms with Gasteiger partial charge in [0, 0.05) is 36.9 Å². The minimum Gasteiger partial charge on any atom is -0.371 e. The Labute approximate surface area is 172 Å². The Kier molecular flexibility index (Phi) is 5.87. The van der Waals surface area contributed by atoms with E-state index in [9.17, 15) is 13.2 Å². The second-order valence-corrected chi connectivity index (χ2v) is 9.55. The van der Waals surface area contributed by atoms with Gasteiger partial charge in [-0.3, -0.25) is 4.79 Å². The van der Waals surface area contributed by atoms with Crippen LogP contribution in [0.1, 0.15) is 37.7 Å². The molecule has 1 saturated heterocycles. The molecule has 0 unspecified atom stereocenters. The van der Waals surface area contributed by atoms with Crippen LogP contribution in [0.3, 0.4) is 0 Å². The summed E-state index contributed by atoms with van der Waals surface area (Å²) >= 11 is 0. The highest BCUT2D eigenvalue weighted by molar-refractivity contribution is 7.89. The highest BCUT2D eigenvalue weighted by Crippen LogP contribution is 2.24. The maximum atomic E-state index is 12.3. The van der Waals surface area contributed by atoms with Crippen molar-refractivity contribution >= 4 is 27.3 Å². The van der Waals surface area contributed by atoms with Gasteiger partial charge in [-0.05, 0) is 68.0 Å². The van der Waals surface area contributed by atoms with Crippen molar-refractivity contribution in [2.24, 2.45) is 0 Å². The van der Waals surface area contributed by atoms with Gasteiger partial charge in [-0.25, -0.2) is 13.1 Å². The van der Waals surface area contributed by atoms with Crippen molar-refractivity contribution in [3.63, 3.8) is 0 Å². The fourth-order valence-corrected chi connectivity index (χ4v) is 4.87. The molecule has 2 aliphatic rings. The van der Waals surface area contributed by atoms with Crippen LogP contribution in [0, 0.1) is 0 Å². The first-order valence-electron chi connectivity index (χ1n) is 10.3. The molecular weight excluding hydrogens is 386 g/mol. The molecule has 0 spiro atoms. The van der Waals surface area contributed by atoms with Gasteiger partial charge < -0.3 is 10.2 Å². The third-order valence-electron chi connectivity index (χ3n) is 5.37. The first-order valence-corrected chi connectivity index (χ1v) is 11.7. The van der Waals surface area contributed by atoms with E-state index in [1.807, 2.05) is 18.2 Å². The zero-order chi connectivity index (χ0) is 20.3. The molecule has 0 aromatic heterocycles. The lowest BCUT2D eigenvalue weighted by molar-refractivity contribution is -0.116. The summed E-state index contributed by atoms with van der Waals surface area (Å²) in [6, 6.07) is 14.8. The molecule has 4 rings (SSSR count). The average Bonchev–Trinajstić information content (AvgIpc) is 3.33. The van der Waals surface area contributed by atoms with Crippen LogP contribution >= 0.6 is 0 Å². The molecule has 0 atom stereocenters. The number of sulfonamides is 1. The van der Waals surface area contributed by atoms with E-state index in [0.717, 1.165) is 42.9 Å². The van der Waals surface area contributed by atoms with Gasteiger partial charge in [0.25, 0.3) is 0 Å². The van der Waals surface area contributed by atoms with Crippen molar-refractivity contribution in [1.29, 1.82) is 0 Å². The number of amides is 1. The zero-order valence-corrected chi connectivity index (χ0v) is 17.2. The second kappa shape index (κ2) is 8.55. The minimum absolute atomic E-state index is 0.0457. The molecule has 29 heavy (non-hydrogen) atoms. The van der Waals surface area contributed by atoms with E-state index in [1.54, 1.807) is 24.3 Å². The van der Waals surface area contributed by atoms with Gasteiger partial charge in [-0.2, -0.15) is 0 Å². The van der Waals surface area contributed by atoms with Gasteiger partial charge in [0.2, 0.25) is 15.9 Å². The predicted octanol–water partition coefficient (Wildman–Crippen LogP) is 3.30. The number of hydrogen-bond donors (Lipinski definition) is 2. The molecule has 1 saturated carbocycles. The lowest BCUT2D eigenvalue weighted by Gasteiger charge is -2.18. The summed E-state index contributed by atoms with van der Waals surface area (Å²) in [4.78, 5) is 15.0. The summed E-state index contributed by atoms with van der Waals surface area (Å²) in [6.07, 6.45) is 5.16. The molecule has 6 nitrogen and oxygen atoms in total. The highest BCUT2D eigenvalue weighted by atomic mass is 32.2. The molecule has 154 valence electrons. The van der Waals surface area contributed by atoms with Crippen molar-refractivity contribution in [2.45, 2.75) is 49.5 Å². The van der Waals surface area contributed by atoms with Crippen LogP contribution in [-0.4, -0.2) is 33.5 Å². The maximum absolute atomic E-state index is 12.3. The molecule has 7 heteroatoms. The maximum Gasteiger partial charge on any atom is 0.240 e. The predicted molar refractivity (Wildman–Crippen MR) is 115 cm³/mol. The Morgan fingerprint density at radius 3 is 2.45 bits per heavy atom. The van der Waals surface area contributed by atoms with Crippen molar-refractivity contribution < 1.29 is 13.2 Å². The Bertz CT molecular complexity index is 963. The minimum atomic E-state index is -3.43. The van der Waals surface area contributed by atoms with Gasteiger partial charge >= 0.3 is 0 Å². The molecule has 2 N–H and O–H groups in total. The van der Waals surface area contributed by atoms with E-state index in [1.165, 1.54) is 12.8 Å². The summed E-state index contributed by atoms with van der Waals surface area (Å²) in [5, 5.41) is 2.97. The van der Waals surface area contributed by atoms with Gasteiger partial charge in [-0.1, -0.05) is 18.2 Å². The number of aryl methyl sites for hydroxylation is 1. The largest absolute Gasteiger partial charge is 0.371 e. The van der Waals surface area contributed by atoms with Crippen LogP contribution in [0.15, 0.2) is 53.4 Å². The molecule has 1 amide bonds. The Morgan fingerprint density at radius 1 is 1.03 bits per heavy atom. The van der Waals surface area contributed by atoms with Crippen LogP contribution in [0.25, 0.3) is 0 Å². The van der Waals surface area contributed by atoms with E-state index < -0.39 is 10.0 Å². The second-order valence-electron chi connectivity index (χ2n) is 7.83. The smallest absolute Gasteiger partial charge is 0.240 e. The van der Waals surface area contributed by atoms with Crippen molar-refractivity contribution in [2.75, 3.05) is 23.3 Å². The van der Waals surface area contributed by atoms with E-state index in [0.29, 0.717) is 12.8 Å². The number of anilines is 2. The van der Waals surface area contributed by atoms with Crippen LogP contribution in [0.5, 0.6) is 0 Å². The molecule has 1 aliphatic carbocycles. The fourth-order valence-electron chi connectivity index (χ4n) is 3.56. The summed E-state index contributed by atoms with van der Waals surface area (Å²) in [6.45, 7) is 2.14. The number of benzene rings is 2. The van der Waals surface area contributed by atoms with Gasteiger partial charge in [0.1, 0.15) is 0 Å². The quantitative estimate of drug-likeness (QED) is 0.696. The standard InChI is InChI=1S/C22H27N3O3S/c26-22(23-19-4-3-5-20(16-19)25-14-1-2-15-25)13-8-17-6-11-21(12-7-17)29(27,28)24-18-9-10-18/h3-7,11-12,16,18,24H,1-2,8-10,13-15H2,(H,23,26). The Balaban J connectivity index is 1.30. The van der Waals surface area contributed by atoms with Crippen molar-refractivity contribution in [1.82, 2.24) is 4.72 Å². The molecule has 2 aromatic rings. The number of nitrogens with one attached hydrogen (secondary N) is 2. The first-order chi connectivity index (χ1) is 14.0. The SMILES string of the molecule is O=C(CCc1ccc(S(=O)(=O)NC2CC2)cc1)Nc1cccc(N2CCCC2)c1. The van der Waals surface area contributed by atoms with Gasteiger partial charge in [0.05, 0.1) is 4.90 Å². The van der Waals surface area contributed by atoms with Gasteiger partial charge in [0.15, 0.2) is 0 Å². The lowest BCUT2D eigenvalue weighted by Crippen LogP contribution is -2.25. The topological polar surface area (TPSA) is 78.5 Å². The molecule has 2 fully saturated rings. The first kappa shape index (κ1) is 19.9. The summed E-state index contributed by atoms with van der Waals surface area (Å²) in [5.74, 6) is -0.0457. The van der Waals surface area contributed by atoms with Crippen LogP contribution in [-0.2, 0) is 21.2 Å². The average molecular weight is 414 g/mol. The number of carbonyl (C=O) groups excluding carboxylic acids is 1. The molecule has 1 aliphatic heterocycles. The molecule has 2 aromatic carbocycles. The normalized spacial score (nSPS) is 16.8. The molecule has 1 heterocycles. The van der Waals surface area contributed by atoms with Crippen LogP contribution in [0.2, 0.25) is 0 Å². The molecule has 0 bridgehead atoms. The zero-order valence-electron chi connectivity index (χ0n) is 16.4. The molecule has 0 radical (unpaired) electrons. The summed E-state index contributed by atoms with van der Waals surface area (Å²) < 4.78 is 27.1. The number of rotatable bonds is 8. The van der Waals surface area contributed by atoms with E-state index in [4.69, 9.17) is 0 Å². The highest BCUT2D eigenvalue weighted by Gasteiger charge is 2.27. The monoisotopic (exact) mass is 413 g/mol. The third-order valence-corrected chi connectivity index (χ3v) is 6.91. The van der Waals surface area contributed by atoms with Crippen LogP contribution in [0.4, 0.5) is 11.4 Å².